The van der Waals surface area contributed by atoms with Gasteiger partial charge in [0.25, 0.3) is 0 Å². The molecule has 0 saturated carbocycles. The van der Waals surface area contributed by atoms with Crippen LogP contribution in [0.3, 0.4) is 0 Å². The van der Waals surface area contributed by atoms with Gasteiger partial charge >= 0.3 is 0 Å². The second-order valence-corrected chi connectivity index (χ2v) is 6.09. The summed E-state index contributed by atoms with van der Waals surface area (Å²) in [5.41, 5.74) is 0.328. The fourth-order valence-electron chi connectivity index (χ4n) is 1.01. The first-order valence-corrected chi connectivity index (χ1v) is 7.11. The van der Waals surface area contributed by atoms with E-state index in [4.69, 9.17) is 0 Å². The normalized spacial score (nSPS) is 11.5. The fraction of sp³-hybridized carbons (Fsp3) is 0.625. The largest absolute Gasteiger partial charge is 0.292 e. The molecule has 0 radical (unpaired) electrons. The predicted molar refractivity (Wildman–Crippen MR) is 57.8 cm³/mol. The number of Topliss-reactive ketones (excluding diaryl/α,β-unsaturated/α-hetero) is 1. The van der Waals surface area contributed by atoms with Crippen molar-refractivity contribution in [2.45, 2.75) is 19.8 Å². The van der Waals surface area contributed by atoms with E-state index in [2.05, 4.69) is 8.75 Å². The number of hydrogen-bond acceptors (Lipinski definition) is 6. The summed E-state index contributed by atoms with van der Waals surface area (Å²) in [6, 6.07) is 0. The molecule has 0 amide bonds. The smallest absolute Gasteiger partial charge is 0.183 e. The number of hydrogen-bond donors (Lipinski definition) is 0. The van der Waals surface area contributed by atoms with Crippen LogP contribution in [0.4, 0.5) is 0 Å². The van der Waals surface area contributed by atoms with Crippen LogP contribution in [0, 0.1) is 0 Å². The topological polar surface area (TPSA) is 77.0 Å². The number of nitrogens with zero attached hydrogens (tertiary/aromatic N) is 2. The van der Waals surface area contributed by atoms with Crippen LogP contribution >= 0.6 is 11.7 Å². The van der Waals surface area contributed by atoms with Crippen molar-refractivity contribution in [3.63, 3.8) is 0 Å². The van der Waals surface area contributed by atoms with Gasteiger partial charge in [-0.25, -0.2) is 8.42 Å². The molecule has 1 aromatic heterocycles. The highest BCUT2D eigenvalue weighted by molar-refractivity contribution is 7.91. The molecule has 0 spiro atoms. The highest BCUT2D eigenvalue weighted by atomic mass is 32.2. The van der Waals surface area contributed by atoms with Crippen LogP contribution in [0.25, 0.3) is 0 Å². The Morgan fingerprint density at radius 2 is 2.27 bits per heavy atom. The lowest BCUT2D eigenvalue weighted by atomic mass is 10.2. The van der Waals surface area contributed by atoms with Crippen LogP contribution in [-0.2, 0) is 9.84 Å². The molecule has 0 unspecified atom stereocenters. The van der Waals surface area contributed by atoms with E-state index in [1.807, 2.05) is 0 Å². The van der Waals surface area contributed by atoms with E-state index < -0.39 is 9.84 Å². The zero-order valence-electron chi connectivity index (χ0n) is 8.34. The van der Waals surface area contributed by atoms with Crippen molar-refractivity contribution < 1.29 is 13.2 Å². The van der Waals surface area contributed by atoms with Crippen molar-refractivity contribution in [2.75, 3.05) is 11.5 Å². The third kappa shape index (κ3) is 4.05. The van der Waals surface area contributed by atoms with Gasteiger partial charge in [-0.05, 0) is 6.42 Å². The number of rotatable bonds is 6. The molecule has 15 heavy (non-hydrogen) atoms. The molecule has 0 aliphatic heterocycles. The molecule has 0 saturated heterocycles. The first-order valence-electron chi connectivity index (χ1n) is 4.56. The molecule has 0 fully saturated rings. The zero-order chi connectivity index (χ0) is 11.3. The molecule has 0 aromatic carbocycles. The lowest BCUT2D eigenvalue weighted by Crippen LogP contribution is -2.10. The Balaban J connectivity index is 2.36. The second kappa shape index (κ2) is 5.32. The van der Waals surface area contributed by atoms with Crippen LogP contribution in [-0.4, -0.2) is 34.5 Å². The van der Waals surface area contributed by atoms with Gasteiger partial charge in [0.1, 0.15) is 15.5 Å². The van der Waals surface area contributed by atoms with Crippen LogP contribution in [0.1, 0.15) is 30.3 Å². The molecule has 5 nitrogen and oxygen atoms in total. The first-order chi connectivity index (χ1) is 7.05. The molecule has 1 rings (SSSR count). The molecule has 7 heteroatoms. The zero-order valence-corrected chi connectivity index (χ0v) is 9.97. The molecule has 0 aliphatic carbocycles. The Kier molecular flexibility index (Phi) is 4.34. The Hall–Kier alpha value is -0.820. The van der Waals surface area contributed by atoms with E-state index >= 15 is 0 Å². The summed E-state index contributed by atoms with van der Waals surface area (Å²) in [6.45, 7) is 1.60. The molecule has 0 atom stereocenters. The van der Waals surface area contributed by atoms with Gasteiger partial charge in [-0.1, -0.05) is 6.92 Å². The van der Waals surface area contributed by atoms with Gasteiger partial charge in [0.05, 0.1) is 23.7 Å². The molecule has 0 N–H and O–H groups in total. The molecule has 84 valence electrons. The monoisotopic (exact) mass is 248 g/mol. The van der Waals surface area contributed by atoms with Gasteiger partial charge in [-0.3, -0.25) is 4.79 Å². The van der Waals surface area contributed by atoms with Gasteiger partial charge in [-0.2, -0.15) is 8.75 Å². The maximum absolute atomic E-state index is 11.4. The van der Waals surface area contributed by atoms with Crippen LogP contribution in [0.2, 0.25) is 0 Å². The Bertz CT molecular complexity index is 411. The summed E-state index contributed by atoms with van der Waals surface area (Å²) in [6.07, 6.45) is 1.97. The average molecular weight is 248 g/mol. The number of sulfone groups is 1. The number of carbonyl (C=O) groups is 1. The lowest BCUT2D eigenvalue weighted by Gasteiger charge is -1.99. The van der Waals surface area contributed by atoms with Crippen molar-refractivity contribution in [3.05, 3.63) is 11.9 Å². The highest BCUT2D eigenvalue weighted by Gasteiger charge is 2.12. The quantitative estimate of drug-likeness (QED) is 0.700. The van der Waals surface area contributed by atoms with Crippen molar-refractivity contribution in [1.82, 2.24) is 8.75 Å². The van der Waals surface area contributed by atoms with Crippen molar-refractivity contribution >= 4 is 27.3 Å². The van der Waals surface area contributed by atoms with Gasteiger partial charge in [0.2, 0.25) is 0 Å². The van der Waals surface area contributed by atoms with E-state index in [1.54, 1.807) is 6.92 Å². The summed E-state index contributed by atoms with van der Waals surface area (Å²) < 4.78 is 29.8. The summed E-state index contributed by atoms with van der Waals surface area (Å²) >= 11 is 0.972. The third-order valence-corrected chi connectivity index (χ3v) is 4.21. The number of carbonyl (C=O) groups excluding carboxylic acids is 1. The SMILES string of the molecule is CCS(=O)(=O)CCCC(=O)c1cnsn1. The minimum atomic E-state index is -2.97. The molecule has 1 aromatic rings. The molecule has 1 heterocycles. The van der Waals surface area contributed by atoms with Gasteiger partial charge < -0.3 is 0 Å². The summed E-state index contributed by atoms with van der Waals surface area (Å²) in [4.78, 5) is 11.4. The van der Waals surface area contributed by atoms with Crippen molar-refractivity contribution in [1.29, 1.82) is 0 Å². The molecule has 0 aliphatic rings. The minimum Gasteiger partial charge on any atom is -0.292 e. The lowest BCUT2D eigenvalue weighted by molar-refractivity contribution is 0.0978. The molecular formula is C8H12N2O3S2. The Morgan fingerprint density at radius 1 is 1.53 bits per heavy atom. The van der Waals surface area contributed by atoms with Crippen LogP contribution < -0.4 is 0 Å². The van der Waals surface area contributed by atoms with Gasteiger partial charge in [0.15, 0.2) is 5.78 Å². The van der Waals surface area contributed by atoms with Crippen molar-refractivity contribution in [2.24, 2.45) is 0 Å². The van der Waals surface area contributed by atoms with Gasteiger partial charge in [-0.15, -0.1) is 0 Å². The number of ketones is 1. The second-order valence-electron chi connectivity index (χ2n) is 3.06. The van der Waals surface area contributed by atoms with E-state index in [0.29, 0.717) is 12.1 Å². The van der Waals surface area contributed by atoms with Gasteiger partial charge in [0, 0.05) is 12.2 Å². The first kappa shape index (κ1) is 12.3. The van der Waals surface area contributed by atoms with E-state index in [1.165, 1.54) is 6.20 Å². The van der Waals surface area contributed by atoms with Crippen LogP contribution in [0.15, 0.2) is 6.20 Å². The average Bonchev–Trinajstić information content (AvgIpc) is 2.70. The standard InChI is InChI=1S/C8H12N2O3S2/c1-2-15(12,13)5-3-4-8(11)7-6-9-14-10-7/h6H,2-5H2,1H3. The summed E-state index contributed by atoms with van der Waals surface area (Å²) in [7, 11) is -2.97. The number of aromatic nitrogens is 2. The van der Waals surface area contributed by atoms with E-state index in [-0.39, 0.29) is 23.7 Å². The van der Waals surface area contributed by atoms with Crippen molar-refractivity contribution in [3.8, 4) is 0 Å². The third-order valence-electron chi connectivity index (χ3n) is 1.95. The van der Waals surface area contributed by atoms with E-state index in [0.717, 1.165) is 11.7 Å². The molecular weight excluding hydrogens is 236 g/mol. The maximum atomic E-state index is 11.4. The maximum Gasteiger partial charge on any atom is 0.183 e. The predicted octanol–water partition coefficient (Wildman–Crippen LogP) is 0.936. The Labute approximate surface area is 92.8 Å². The Morgan fingerprint density at radius 3 is 2.80 bits per heavy atom. The summed E-state index contributed by atoms with van der Waals surface area (Å²) in [5.74, 6) is 0.0433. The fourth-order valence-corrected chi connectivity index (χ4v) is 2.32. The molecule has 0 bridgehead atoms. The van der Waals surface area contributed by atoms with E-state index in [9.17, 15) is 13.2 Å². The minimum absolute atomic E-state index is 0.0623. The summed E-state index contributed by atoms with van der Waals surface area (Å²) in [5, 5.41) is 0. The highest BCUT2D eigenvalue weighted by Crippen LogP contribution is 2.04. The van der Waals surface area contributed by atoms with Crippen LogP contribution in [0.5, 0.6) is 0 Å².